The molecule has 4 N–H and O–H groups in total. The molecule has 9 heteroatoms. The van der Waals surface area contributed by atoms with Crippen molar-refractivity contribution in [3.05, 3.63) is 0 Å². The van der Waals surface area contributed by atoms with Crippen molar-refractivity contribution in [1.82, 2.24) is 20.4 Å². The summed E-state index contributed by atoms with van der Waals surface area (Å²) in [6.45, 7) is 8.04. The van der Waals surface area contributed by atoms with Crippen LogP contribution in [0.1, 0.15) is 20.8 Å². The maximum Gasteiger partial charge on any atom is 0.317 e. The van der Waals surface area contributed by atoms with Gasteiger partial charge >= 0.3 is 6.03 Å². The smallest absolute Gasteiger partial charge is 0.317 e. The molecule has 0 aromatic heterocycles. The summed E-state index contributed by atoms with van der Waals surface area (Å²) in [6, 6.07) is -0.715. The minimum absolute atomic E-state index is 0. The number of amides is 4. The van der Waals surface area contributed by atoms with Gasteiger partial charge in [0.15, 0.2) is 0 Å². The zero-order chi connectivity index (χ0) is 16.7. The number of nitrogens with one attached hydrogen (secondary N) is 2. The van der Waals surface area contributed by atoms with Crippen molar-refractivity contribution in [3.63, 3.8) is 0 Å². The molecule has 1 fully saturated rings. The van der Waals surface area contributed by atoms with Crippen LogP contribution in [-0.4, -0.2) is 73.0 Å². The van der Waals surface area contributed by atoms with E-state index >= 15 is 0 Å². The SMILES string of the molecule is CCNC(=O)N1CCN(C(=O)CNC(=O)[C@@H](N)C(C)C)CC1.Cl. The van der Waals surface area contributed by atoms with Crippen molar-refractivity contribution >= 4 is 30.3 Å². The predicted octanol–water partition coefficient (Wildman–Crippen LogP) is -0.619. The van der Waals surface area contributed by atoms with Crippen LogP contribution in [0.15, 0.2) is 0 Å². The molecule has 23 heavy (non-hydrogen) atoms. The highest BCUT2D eigenvalue weighted by Crippen LogP contribution is 2.03. The minimum atomic E-state index is -0.609. The normalized spacial score (nSPS) is 15.7. The molecule has 1 saturated heterocycles. The number of rotatable bonds is 5. The van der Waals surface area contributed by atoms with E-state index in [1.165, 1.54) is 0 Å². The fourth-order valence-corrected chi connectivity index (χ4v) is 2.12. The Hall–Kier alpha value is -1.54. The van der Waals surface area contributed by atoms with Gasteiger partial charge in [0, 0.05) is 32.7 Å². The van der Waals surface area contributed by atoms with Gasteiger partial charge in [0.2, 0.25) is 11.8 Å². The van der Waals surface area contributed by atoms with Gasteiger partial charge in [-0.2, -0.15) is 0 Å². The Labute approximate surface area is 143 Å². The Morgan fingerprint density at radius 1 is 1.04 bits per heavy atom. The lowest BCUT2D eigenvalue weighted by Gasteiger charge is -2.34. The van der Waals surface area contributed by atoms with Crippen LogP contribution in [0, 0.1) is 5.92 Å². The molecular formula is C14H28ClN5O3. The first-order chi connectivity index (χ1) is 10.4. The Balaban J connectivity index is 0.00000484. The second kappa shape index (κ2) is 10.3. The Bertz CT molecular complexity index is 411. The lowest BCUT2D eigenvalue weighted by molar-refractivity contribution is -0.134. The summed E-state index contributed by atoms with van der Waals surface area (Å²) in [6.07, 6.45) is 0. The van der Waals surface area contributed by atoms with Crippen molar-refractivity contribution in [2.75, 3.05) is 39.3 Å². The number of carbonyl (C=O) groups excluding carboxylic acids is 3. The molecular weight excluding hydrogens is 322 g/mol. The lowest BCUT2D eigenvalue weighted by Crippen LogP contribution is -2.55. The van der Waals surface area contributed by atoms with Crippen molar-refractivity contribution < 1.29 is 14.4 Å². The molecule has 0 aliphatic carbocycles. The van der Waals surface area contributed by atoms with Gasteiger partial charge in [0.25, 0.3) is 0 Å². The van der Waals surface area contributed by atoms with E-state index in [1.807, 2.05) is 20.8 Å². The maximum atomic E-state index is 12.0. The number of hydrogen-bond acceptors (Lipinski definition) is 4. The molecule has 0 aromatic carbocycles. The average Bonchev–Trinajstić information content (AvgIpc) is 2.51. The van der Waals surface area contributed by atoms with E-state index in [1.54, 1.807) is 9.80 Å². The third-order valence-corrected chi connectivity index (χ3v) is 3.68. The molecule has 0 radical (unpaired) electrons. The van der Waals surface area contributed by atoms with Gasteiger partial charge in [0.05, 0.1) is 12.6 Å². The fourth-order valence-electron chi connectivity index (χ4n) is 2.12. The monoisotopic (exact) mass is 349 g/mol. The van der Waals surface area contributed by atoms with Gasteiger partial charge in [-0.3, -0.25) is 9.59 Å². The number of piperazine rings is 1. The van der Waals surface area contributed by atoms with E-state index in [9.17, 15) is 14.4 Å². The first kappa shape index (κ1) is 21.5. The molecule has 1 aliphatic rings. The average molecular weight is 350 g/mol. The van der Waals surface area contributed by atoms with Crippen LogP contribution in [0.4, 0.5) is 4.79 Å². The summed E-state index contributed by atoms with van der Waals surface area (Å²) in [4.78, 5) is 38.8. The minimum Gasteiger partial charge on any atom is -0.346 e. The van der Waals surface area contributed by atoms with Gasteiger partial charge in [-0.1, -0.05) is 13.8 Å². The highest BCUT2D eigenvalue weighted by molar-refractivity contribution is 5.87. The molecule has 4 amide bonds. The Morgan fingerprint density at radius 2 is 1.57 bits per heavy atom. The van der Waals surface area contributed by atoms with E-state index in [0.29, 0.717) is 32.7 Å². The van der Waals surface area contributed by atoms with Crippen molar-refractivity contribution in [2.24, 2.45) is 11.7 Å². The quantitative estimate of drug-likeness (QED) is 0.614. The van der Waals surface area contributed by atoms with Gasteiger partial charge in [-0.25, -0.2) is 4.79 Å². The van der Waals surface area contributed by atoms with Gasteiger partial charge in [-0.05, 0) is 12.8 Å². The molecule has 8 nitrogen and oxygen atoms in total. The predicted molar refractivity (Wildman–Crippen MR) is 90.3 cm³/mol. The summed E-state index contributed by atoms with van der Waals surface area (Å²) in [7, 11) is 0. The zero-order valence-electron chi connectivity index (χ0n) is 14.0. The van der Waals surface area contributed by atoms with Crippen LogP contribution in [-0.2, 0) is 9.59 Å². The second-order valence-corrected chi connectivity index (χ2v) is 5.69. The summed E-state index contributed by atoms with van der Waals surface area (Å²) in [5.74, 6) is -0.445. The van der Waals surface area contributed by atoms with E-state index < -0.39 is 6.04 Å². The summed E-state index contributed by atoms with van der Waals surface area (Å²) >= 11 is 0. The molecule has 1 atom stereocenters. The third-order valence-electron chi connectivity index (χ3n) is 3.68. The zero-order valence-corrected chi connectivity index (χ0v) is 14.8. The van der Waals surface area contributed by atoms with Crippen LogP contribution in [0.5, 0.6) is 0 Å². The summed E-state index contributed by atoms with van der Waals surface area (Å²) < 4.78 is 0. The summed E-state index contributed by atoms with van der Waals surface area (Å²) in [5.41, 5.74) is 5.72. The Kier molecular flexibility index (Phi) is 9.59. The van der Waals surface area contributed by atoms with Crippen molar-refractivity contribution in [1.29, 1.82) is 0 Å². The molecule has 1 aliphatic heterocycles. The number of carbonyl (C=O) groups is 3. The molecule has 1 heterocycles. The van der Waals surface area contributed by atoms with Gasteiger partial charge in [0.1, 0.15) is 0 Å². The molecule has 0 bridgehead atoms. The first-order valence-corrected chi connectivity index (χ1v) is 7.70. The summed E-state index contributed by atoms with van der Waals surface area (Å²) in [5, 5.41) is 5.30. The van der Waals surface area contributed by atoms with Crippen molar-refractivity contribution in [3.8, 4) is 0 Å². The highest BCUT2D eigenvalue weighted by atomic mass is 35.5. The first-order valence-electron chi connectivity index (χ1n) is 7.70. The molecule has 0 saturated carbocycles. The Morgan fingerprint density at radius 3 is 2.04 bits per heavy atom. The molecule has 0 unspecified atom stereocenters. The van der Waals surface area contributed by atoms with E-state index in [0.717, 1.165) is 0 Å². The lowest BCUT2D eigenvalue weighted by atomic mass is 10.1. The van der Waals surface area contributed by atoms with Crippen LogP contribution >= 0.6 is 12.4 Å². The molecule has 1 rings (SSSR count). The molecule has 134 valence electrons. The topological polar surface area (TPSA) is 108 Å². The van der Waals surface area contributed by atoms with Crippen LogP contribution in [0.3, 0.4) is 0 Å². The van der Waals surface area contributed by atoms with Crippen LogP contribution in [0.25, 0.3) is 0 Å². The molecule has 0 aromatic rings. The number of halogens is 1. The maximum absolute atomic E-state index is 12.0. The third kappa shape index (κ3) is 6.62. The highest BCUT2D eigenvalue weighted by Gasteiger charge is 2.24. The largest absolute Gasteiger partial charge is 0.346 e. The standard InChI is InChI=1S/C14H27N5O3.ClH/c1-4-16-14(22)19-7-5-18(6-8-19)11(20)9-17-13(21)12(15)10(2)3;/h10,12H,4-9,15H2,1-3H3,(H,16,22)(H,17,21);1H/t12-;/m0./s1. The van der Waals surface area contributed by atoms with Crippen LogP contribution < -0.4 is 16.4 Å². The second-order valence-electron chi connectivity index (χ2n) is 5.69. The van der Waals surface area contributed by atoms with E-state index in [-0.39, 0.29) is 42.7 Å². The van der Waals surface area contributed by atoms with Crippen LogP contribution in [0.2, 0.25) is 0 Å². The van der Waals surface area contributed by atoms with E-state index in [2.05, 4.69) is 10.6 Å². The number of nitrogens with zero attached hydrogens (tertiary/aromatic N) is 2. The van der Waals surface area contributed by atoms with Crippen molar-refractivity contribution in [2.45, 2.75) is 26.8 Å². The van der Waals surface area contributed by atoms with Gasteiger partial charge in [-0.15, -0.1) is 12.4 Å². The van der Waals surface area contributed by atoms with Gasteiger partial charge < -0.3 is 26.2 Å². The fraction of sp³-hybridized carbons (Fsp3) is 0.786. The number of hydrogen-bond donors (Lipinski definition) is 3. The number of nitrogens with two attached hydrogens (primary N) is 1. The van der Waals surface area contributed by atoms with E-state index in [4.69, 9.17) is 5.73 Å². The molecule has 0 spiro atoms. The number of urea groups is 1.